The number of aliphatic hydroxyl groups is 3. The van der Waals surface area contributed by atoms with Crippen LogP contribution in [0.4, 0.5) is 0 Å². The molecule has 0 radical (unpaired) electrons. The number of hydrogen-bond donors (Lipinski definition) is 3. The van der Waals surface area contributed by atoms with E-state index in [9.17, 15) is 15.3 Å². The zero-order valence-corrected chi connectivity index (χ0v) is 22.2. The van der Waals surface area contributed by atoms with Crippen LogP contribution in [0.3, 0.4) is 0 Å². The number of unbranched alkanes of at least 4 members (excludes halogenated alkanes) is 3. The van der Waals surface area contributed by atoms with Gasteiger partial charge in [0, 0.05) is 6.54 Å². The van der Waals surface area contributed by atoms with Crippen molar-refractivity contribution in [1.82, 2.24) is 4.90 Å². The lowest BCUT2D eigenvalue weighted by Gasteiger charge is -2.48. The molecule has 3 N–H and O–H groups in total. The molecule has 0 amide bonds. The molecule has 0 spiro atoms. The lowest BCUT2D eigenvalue weighted by molar-refractivity contribution is -0.143. The second-order valence-electron chi connectivity index (χ2n) is 10.6. The summed E-state index contributed by atoms with van der Waals surface area (Å²) in [5.41, 5.74) is 0. The van der Waals surface area contributed by atoms with Crippen LogP contribution in [-0.4, -0.2) is 72.6 Å². The molecular weight excluding hydrogens is 442 g/mol. The van der Waals surface area contributed by atoms with Crippen LogP contribution in [0, 0.1) is 0 Å². The van der Waals surface area contributed by atoms with Gasteiger partial charge in [0.2, 0.25) is 0 Å². The van der Waals surface area contributed by atoms with E-state index in [-0.39, 0.29) is 11.1 Å². The van der Waals surface area contributed by atoms with Crippen molar-refractivity contribution in [3.05, 3.63) is 60.7 Å². The monoisotopic (exact) mass is 485 g/mol. The maximum absolute atomic E-state index is 11.0. The van der Waals surface area contributed by atoms with Crippen molar-refractivity contribution >= 4 is 18.7 Å². The highest BCUT2D eigenvalue weighted by Crippen LogP contribution is 2.37. The predicted octanol–water partition coefficient (Wildman–Crippen LogP) is 2.91. The third-order valence-corrected chi connectivity index (χ3v) is 12.2. The van der Waals surface area contributed by atoms with Gasteiger partial charge in [-0.3, -0.25) is 4.90 Å². The molecule has 0 aromatic heterocycles. The molecule has 5 nitrogen and oxygen atoms in total. The van der Waals surface area contributed by atoms with E-state index >= 15 is 0 Å². The Bertz CT molecular complexity index is 818. The summed E-state index contributed by atoms with van der Waals surface area (Å²) in [7, 11) is -2.76. The standard InChI is InChI=1S/C28H43NO4Si/c1-5-6-7-14-19-29-20-25(30)27(32)26(31)24(29)21-33-34(28(2,3)4,22-15-10-8-11-16-22)23-17-12-9-13-18-23/h8-13,15-18,24-27,30-32H,5-7,14,19-21H2,1-4H3/t24-,25+,26-,27-/m1/s1. The fourth-order valence-electron chi connectivity index (χ4n) is 5.33. The van der Waals surface area contributed by atoms with E-state index in [2.05, 4.69) is 81.1 Å². The minimum Gasteiger partial charge on any atom is -0.406 e. The largest absolute Gasteiger partial charge is 0.406 e. The van der Waals surface area contributed by atoms with Gasteiger partial charge in [0.05, 0.1) is 18.8 Å². The van der Waals surface area contributed by atoms with E-state index in [1.54, 1.807) is 0 Å². The van der Waals surface area contributed by atoms with Gasteiger partial charge in [-0.05, 0) is 28.4 Å². The first-order valence-electron chi connectivity index (χ1n) is 12.8. The summed E-state index contributed by atoms with van der Waals surface area (Å²) >= 11 is 0. The van der Waals surface area contributed by atoms with Crippen molar-refractivity contribution in [2.45, 2.75) is 82.8 Å². The molecule has 1 heterocycles. The summed E-state index contributed by atoms with van der Waals surface area (Å²) in [6.07, 6.45) is 1.26. The van der Waals surface area contributed by atoms with Crippen LogP contribution in [0.25, 0.3) is 0 Å². The molecular formula is C28H43NO4Si. The molecule has 1 aliphatic heterocycles. The van der Waals surface area contributed by atoms with Crippen molar-refractivity contribution < 1.29 is 19.7 Å². The van der Waals surface area contributed by atoms with Crippen molar-refractivity contribution in [2.75, 3.05) is 19.7 Å². The van der Waals surface area contributed by atoms with E-state index < -0.39 is 26.6 Å². The van der Waals surface area contributed by atoms with Crippen LogP contribution in [-0.2, 0) is 4.43 Å². The molecule has 1 aliphatic rings. The number of aliphatic hydroxyl groups excluding tert-OH is 3. The molecule has 2 aromatic rings. The van der Waals surface area contributed by atoms with Crippen LogP contribution in [0.15, 0.2) is 60.7 Å². The fraction of sp³-hybridized carbons (Fsp3) is 0.571. The quantitative estimate of drug-likeness (QED) is 0.357. The van der Waals surface area contributed by atoms with Gasteiger partial charge >= 0.3 is 0 Å². The third kappa shape index (κ3) is 5.81. The molecule has 34 heavy (non-hydrogen) atoms. The predicted molar refractivity (Wildman–Crippen MR) is 141 cm³/mol. The molecule has 0 unspecified atom stereocenters. The summed E-state index contributed by atoms with van der Waals surface area (Å²) in [6.45, 7) is 10.3. The molecule has 188 valence electrons. The molecule has 0 aliphatic carbocycles. The lowest BCUT2D eigenvalue weighted by Crippen LogP contribution is -2.69. The number of hydrogen-bond acceptors (Lipinski definition) is 5. The Morgan fingerprint density at radius 3 is 1.91 bits per heavy atom. The van der Waals surface area contributed by atoms with Crippen LogP contribution in [0.5, 0.6) is 0 Å². The van der Waals surface area contributed by atoms with Gasteiger partial charge < -0.3 is 19.7 Å². The fourth-order valence-corrected chi connectivity index (χ4v) is 9.91. The highest BCUT2D eigenvalue weighted by atomic mass is 28.4. The SMILES string of the molecule is CCCCCCN1C[C@H](O)[C@@H](O)[C@H](O)[C@H]1CO[Si](c1ccccc1)(c1ccccc1)C(C)(C)C. The van der Waals surface area contributed by atoms with E-state index in [4.69, 9.17) is 4.43 Å². The van der Waals surface area contributed by atoms with Gasteiger partial charge in [0.25, 0.3) is 8.32 Å². The second-order valence-corrected chi connectivity index (χ2v) is 15.0. The number of rotatable bonds is 10. The summed E-state index contributed by atoms with van der Waals surface area (Å²) in [5, 5.41) is 34.1. The van der Waals surface area contributed by atoms with Crippen LogP contribution in [0.1, 0.15) is 53.4 Å². The Balaban J connectivity index is 1.95. The summed E-state index contributed by atoms with van der Waals surface area (Å²) in [5.74, 6) is 0. The molecule has 4 atom stereocenters. The average Bonchev–Trinajstić information content (AvgIpc) is 2.82. The van der Waals surface area contributed by atoms with Crippen molar-refractivity contribution in [2.24, 2.45) is 0 Å². The molecule has 3 rings (SSSR count). The summed E-state index contributed by atoms with van der Waals surface area (Å²) in [4.78, 5) is 2.12. The van der Waals surface area contributed by atoms with Crippen molar-refractivity contribution in [3.63, 3.8) is 0 Å². The van der Waals surface area contributed by atoms with Gasteiger partial charge in [-0.1, -0.05) is 108 Å². The maximum atomic E-state index is 11.0. The van der Waals surface area contributed by atoms with Gasteiger partial charge in [-0.15, -0.1) is 0 Å². The minimum absolute atomic E-state index is 0.167. The third-order valence-electron chi connectivity index (χ3n) is 7.22. The molecule has 1 saturated heterocycles. The number of nitrogens with zero attached hydrogens (tertiary/aromatic N) is 1. The summed E-state index contributed by atoms with van der Waals surface area (Å²) < 4.78 is 7.06. The number of benzene rings is 2. The van der Waals surface area contributed by atoms with Gasteiger partial charge in [-0.25, -0.2) is 0 Å². The van der Waals surface area contributed by atoms with Crippen molar-refractivity contribution in [3.8, 4) is 0 Å². The highest BCUT2D eigenvalue weighted by Gasteiger charge is 2.51. The number of piperidine rings is 1. The first-order chi connectivity index (χ1) is 16.2. The Kier molecular flexibility index (Phi) is 9.49. The van der Waals surface area contributed by atoms with E-state index in [1.807, 2.05) is 12.1 Å². The second kappa shape index (κ2) is 11.9. The smallest absolute Gasteiger partial charge is 0.261 e. The molecule has 6 heteroatoms. The average molecular weight is 486 g/mol. The molecule has 1 fully saturated rings. The minimum atomic E-state index is -2.76. The normalized spacial score (nSPS) is 24.3. The molecule has 0 saturated carbocycles. The van der Waals surface area contributed by atoms with Gasteiger partial charge in [0.1, 0.15) is 12.2 Å². The van der Waals surface area contributed by atoms with Crippen LogP contribution in [0.2, 0.25) is 5.04 Å². The van der Waals surface area contributed by atoms with E-state index in [0.29, 0.717) is 13.2 Å². The lowest BCUT2D eigenvalue weighted by atomic mass is 9.94. The van der Waals surface area contributed by atoms with Gasteiger partial charge in [-0.2, -0.15) is 0 Å². The van der Waals surface area contributed by atoms with Gasteiger partial charge in [0.15, 0.2) is 0 Å². The first-order valence-corrected chi connectivity index (χ1v) is 14.7. The zero-order chi connectivity index (χ0) is 24.8. The first kappa shape index (κ1) is 27.1. The van der Waals surface area contributed by atoms with E-state index in [1.165, 1.54) is 16.8 Å². The highest BCUT2D eigenvalue weighted by molar-refractivity contribution is 6.99. The van der Waals surface area contributed by atoms with Crippen LogP contribution >= 0.6 is 0 Å². The maximum Gasteiger partial charge on any atom is 0.261 e. The van der Waals surface area contributed by atoms with Crippen molar-refractivity contribution in [1.29, 1.82) is 0 Å². The van der Waals surface area contributed by atoms with Crippen LogP contribution < -0.4 is 10.4 Å². The number of β-amino-alcohol motifs (C(OH)–C–C–N with tert-alkyl or cyclic N) is 1. The Labute approximate surface area is 206 Å². The Morgan fingerprint density at radius 1 is 0.853 bits per heavy atom. The summed E-state index contributed by atoms with van der Waals surface area (Å²) in [6, 6.07) is 20.5. The molecule has 0 bridgehead atoms. The number of likely N-dealkylation sites (tertiary alicyclic amines) is 1. The Hall–Kier alpha value is -1.54. The Morgan fingerprint density at radius 2 is 1.41 bits per heavy atom. The molecule has 2 aromatic carbocycles. The van der Waals surface area contributed by atoms with E-state index in [0.717, 1.165) is 25.8 Å². The zero-order valence-electron chi connectivity index (χ0n) is 21.2. The topological polar surface area (TPSA) is 73.2 Å².